The smallest absolute Gasteiger partial charge is 0.416 e. The molecule has 0 aliphatic carbocycles. The average molecular weight is 541 g/mol. The normalized spacial score (nSPS) is 12.6. The van der Waals surface area contributed by atoms with E-state index in [-0.39, 0.29) is 35.6 Å². The monoisotopic (exact) mass is 541 g/mol. The molecule has 5 rings (SSSR count). The summed E-state index contributed by atoms with van der Waals surface area (Å²) < 4.78 is 59.4. The lowest BCUT2D eigenvalue weighted by molar-refractivity contribution is -0.145. The van der Waals surface area contributed by atoms with Gasteiger partial charge in [0.15, 0.2) is 17.5 Å². The third-order valence-electron chi connectivity index (χ3n) is 6.29. The molecule has 1 N–H and O–H groups in total. The highest BCUT2D eigenvalue weighted by atomic mass is 19.4. The number of ether oxygens (including phenoxy) is 2. The van der Waals surface area contributed by atoms with Crippen molar-refractivity contribution in [2.24, 2.45) is 0 Å². The van der Waals surface area contributed by atoms with Gasteiger partial charge >= 0.3 is 17.8 Å². The van der Waals surface area contributed by atoms with Gasteiger partial charge in [-0.2, -0.15) is 13.2 Å². The molecule has 0 fully saturated rings. The van der Waals surface area contributed by atoms with E-state index in [9.17, 15) is 27.9 Å². The molecular weight excluding hydrogens is 519 g/mol. The van der Waals surface area contributed by atoms with Crippen molar-refractivity contribution in [3.05, 3.63) is 82.3 Å². The Morgan fingerprint density at radius 3 is 2.56 bits per heavy atom. The molecule has 0 aliphatic rings. The molecule has 2 heterocycles. The van der Waals surface area contributed by atoms with Gasteiger partial charge in [0.25, 0.3) is 0 Å². The van der Waals surface area contributed by atoms with Crippen LogP contribution in [0.4, 0.5) is 13.2 Å². The van der Waals surface area contributed by atoms with Gasteiger partial charge in [0, 0.05) is 6.07 Å². The lowest BCUT2D eigenvalue weighted by atomic mass is 10.1. The molecule has 1 atom stereocenters. The number of methoxy groups -OCH3 is 1. The number of carboxylic acids is 1. The molecule has 0 saturated heterocycles. The third kappa shape index (κ3) is 4.80. The molecule has 39 heavy (non-hydrogen) atoms. The van der Waals surface area contributed by atoms with E-state index in [1.807, 2.05) is 0 Å². The Balaban J connectivity index is 1.66. The van der Waals surface area contributed by atoms with E-state index in [4.69, 9.17) is 14.0 Å². The zero-order valence-corrected chi connectivity index (χ0v) is 20.7. The molecule has 0 aliphatic heterocycles. The highest BCUT2D eigenvalue weighted by Gasteiger charge is 2.32. The van der Waals surface area contributed by atoms with Crippen LogP contribution in [-0.2, 0) is 17.5 Å². The van der Waals surface area contributed by atoms with Crippen molar-refractivity contribution in [1.82, 2.24) is 14.3 Å². The van der Waals surface area contributed by atoms with Gasteiger partial charge in [-0.1, -0.05) is 24.2 Å². The molecule has 0 unspecified atom stereocenters. The quantitative estimate of drug-likeness (QED) is 0.286. The Labute approximate surface area is 218 Å². The van der Waals surface area contributed by atoms with Crippen LogP contribution in [0, 0.1) is 0 Å². The highest BCUT2D eigenvalue weighted by molar-refractivity contribution is 5.88. The number of alkyl halides is 3. The maximum atomic E-state index is 13.7. The SMILES string of the molecule is CC[C@@H](Oc1cccc(Cn2c(=O)n(-c3noc4cc(OC)ccc34)c3ccc(C(F)(F)F)cc32)c1)C(=O)O. The first kappa shape index (κ1) is 25.9. The van der Waals surface area contributed by atoms with E-state index in [1.165, 1.54) is 22.3 Å². The number of hydrogen-bond donors (Lipinski definition) is 1. The number of halogens is 3. The third-order valence-corrected chi connectivity index (χ3v) is 6.29. The molecule has 0 amide bonds. The second-order valence-corrected chi connectivity index (χ2v) is 8.77. The molecule has 5 aromatic rings. The summed E-state index contributed by atoms with van der Waals surface area (Å²) in [5, 5.41) is 13.8. The molecule has 0 radical (unpaired) electrons. The van der Waals surface area contributed by atoms with Gasteiger partial charge in [0.2, 0.25) is 0 Å². The fourth-order valence-corrected chi connectivity index (χ4v) is 4.35. The summed E-state index contributed by atoms with van der Waals surface area (Å²) in [6.45, 7) is 1.55. The molecule has 12 heteroatoms. The molecule has 0 bridgehead atoms. The van der Waals surface area contributed by atoms with Crippen LogP contribution in [0.5, 0.6) is 11.5 Å². The van der Waals surface area contributed by atoms with Crippen molar-refractivity contribution in [2.45, 2.75) is 32.2 Å². The number of rotatable bonds is 8. The summed E-state index contributed by atoms with van der Waals surface area (Å²) in [7, 11) is 1.49. The van der Waals surface area contributed by atoms with Gasteiger partial charge in [-0.15, -0.1) is 0 Å². The largest absolute Gasteiger partial charge is 0.497 e. The van der Waals surface area contributed by atoms with Crippen LogP contribution in [0.25, 0.3) is 27.8 Å². The predicted molar refractivity (Wildman–Crippen MR) is 135 cm³/mol. The summed E-state index contributed by atoms with van der Waals surface area (Å²) >= 11 is 0. The number of carbonyl (C=O) groups is 1. The van der Waals surface area contributed by atoms with E-state index in [1.54, 1.807) is 49.4 Å². The van der Waals surface area contributed by atoms with Gasteiger partial charge in [0.1, 0.15) is 11.5 Å². The van der Waals surface area contributed by atoms with Crippen LogP contribution in [0.15, 0.2) is 70.0 Å². The summed E-state index contributed by atoms with van der Waals surface area (Å²) in [5.74, 6) is -0.249. The Morgan fingerprint density at radius 2 is 1.87 bits per heavy atom. The predicted octanol–water partition coefficient (Wildman–Crippen LogP) is 5.25. The lowest BCUT2D eigenvalue weighted by Gasteiger charge is -2.14. The van der Waals surface area contributed by atoms with Gasteiger partial charge in [-0.25, -0.2) is 14.2 Å². The van der Waals surface area contributed by atoms with E-state index in [0.717, 1.165) is 12.1 Å². The molecule has 9 nitrogen and oxygen atoms in total. The van der Waals surface area contributed by atoms with Crippen molar-refractivity contribution in [2.75, 3.05) is 7.11 Å². The molecule has 0 spiro atoms. The van der Waals surface area contributed by atoms with E-state index < -0.39 is 29.5 Å². The first-order valence-electron chi connectivity index (χ1n) is 11.9. The first-order chi connectivity index (χ1) is 18.6. The number of imidazole rings is 1. The molecular formula is C27H22F3N3O6. The van der Waals surface area contributed by atoms with Gasteiger partial charge in [-0.3, -0.25) is 4.57 Å². The van der Waals surface area contributed by atoms with E-state index in [2.05, 4.69) is 5.16 Å². The number of nitrogens with zero attached hydrogens (tertiary/aromatic N) is 3. The number of hydrogen-bond acceptors (Lipinski definition) is 6. The lowest BCUT2D eigenvalue weighted by Crippen LogP contribution is -2.26. The van der Waals surface area contributed by atoms with Crippen LogP contribution < -0.4 is 15.2 Å². The minimum absolute atomic E-state index is 0.0304. The van der Waals surface area contributed by atoms with Crippen LogP contribution in [0.1, 0.15) is 24.5 Å². The maximum Gasteiger partial charge on any atom is 0.416 e. The standard InChI is InChI=1S/C27H22F3N3O6/c1-3-22(25(34)35)38-18-6-4-5-15(11-18)14-32-21-12-16(27(28,29)30)7-10-20(21)33(26(32)36)24-19-9-8-17(37-2)13-23(19)39-31-24/h4-13,22H,3,14H2,1-2H3,(H,34,35)/t22-/m1/s1. The number of benzene rings is 3. The number of aromatic nitrogens is 3. The van der Waals surface area contributed by atoms with Crippen molar-refractivity contribution >= 4 is 28.0 Å². The number of aliphatic carboxylic acids is 1. The zero-order valence-electron chi connectivity index (χ0n) is 20.7. The molecule has 0 saturated carbocycles. The minimum Gasteiger partial charge on any atom is -0.497 e. The Morgan fingerprint density at radius 1 is 1.08 bits per heavy atom. The summed E-state index contributed by atoms with van der Waals surface area (Å²) in [5.41, 5.74) is -0.483. The zero-order chi connectivity index (χ0) is 27.9. The fourth-order valence-electron chi connectivity index (χ4n) is 4.35. The summed E-state index contributed by atoms with van der Waals surface area (Å²) in [4.78, 5) is 25.1. The average Bonchev–Trinajstić information content (AvgIpc) is 3.44. The first-order valence-corrected chi connectivity index (χ1v) is 11.9. The summed E-state index contributed by atoms with van der Waals surface area (Å²) in [6.07, 6.45) is -5.48. The van der Waals surface area contributed by atoms with Crippen molar-refractivity contribution in [3.8, 4) is 17.3 Å². The van der Waals surface area contributed by atoms with E-state index >= 15 is 0 Å². The topological polar surface area (TPSA) is 109 Å². The number of carboxylic acid groups (broad SMARTS) is 1. The summed E-state index contributed by atoms with van der Waals surface area (Å²) in [6, 6.07) is 14.3. The van der Waals surface area contributed by atoms with Crippen LogP contribution >= 0.6 is 0 Å². The van der Waals surface area contributed by atoms with Crippen molar-refractivity contribution in [1.29, 1.82) is 0 Å². The second kappa shape index (κ2) is 9.86. The Kier molecular flexibility index (Phi) is 6.54. The van der Waals surface area contributed by atoms with Gasteiger partial charge < -0.3 is 19.1 Å². The van der Waals surface area contributed by atoms with Crippen LogP contribution in [0.2, 0.25) is 0 Å². The molecule has 3 aromatic carbocycles. The number of fused-ring (bicyclic) bond motifs is 2. The highest BCUT2D eigenvalue weighted by Crippen LogP contribution is 2.33. The molecule has 202 valence electrons. The van der Waals surface area contributed by atoms with Crippen LogP contribution in [-0.4, -0.2) is 38.6 Å². The van der Waals surface area contributed by atoms with Crippen molar-refractivity contribution < 1.29 is 37.1 Å². The maximum absolute atomic E-state index is 13.7. The van der Waals surface area contributed by atoms with Gasteiger partial charge in [-0.05, 0) is 54.4 Å². The van der Waals surface area contributed by atoms with Gasteiger partial charge in [0.05, 0.1) is 35.6 Å². The minimum atomic E-state index is -4.63. The molecule has 2 aromatic heterocycles. The second-order valence-electron chi connectivity index (χ2n) is 8.77. The van der Waals surface area contributed by atoms with Crippen LogP contribution in [0.3, 0.4) is 0 Å². The fraction of sp³-hybridized carbons (Fsp3) is 0.222. The Bertz CT molecular complexity index is 1750. The van der Waals surface area contributed by atoms with E-state index in [0.29, 0.717) is 22.3 Å². The Hall–Kier alpha value is -4.74. The van der Waals surface area contributed by atoms with Crippen molar-refractivity contribution in [3.63, 3.8) is 0 Å².